The first-order valence-electron chi connectivity index (χ1n) is 34.3. The second-order valence-corrected chi connectivity index (χ2v) is 26.3. The number of para-hydroxylation sites is 4. The van der Waals surface area contributed by atoms with Crippen LogP contribution in [0.4, 0.5) is 0 Å². The number of fused-ring (bicyclic) bond motifs is 18. The van der Waals surface area contributed by atoms with Crippen LogP contribution in [0, 0.1) is 0 Å². The first-order chi connectivity index (χ1) is 50.6. The molecule has 8 aromatic heterocycles. The lowest BCUT2D eigenvalue weighted by molar-refractivity contribution is 1.01. The molecule has 22 rings (SSSR count). The molecule has 0 bridgehead atoms. The molecule has 102 heavy (non-hydrogen) atoms. The minimum absolute atomic E-state index is 0.615. The van der Waals surface area contributed by atoms with Crippen LogP contribution in [0.2, 0.25) is 0 Å². The average molecular weight is 1300 g/mol. The van der Waals surface area contributed by atoms with Crippen molar-refractivity contribution >= 4 is 121 Å². The molecule has 0 aliphatic rings. The highest BCUT2D eigenvalue weighted by atomic mass is 15.2. The number of hydrogen-bond acceptors (Lipinski definition) is 6. The molecule has 474 valence electrons. The van der Waals surface area contributed by atoms with Gasteiger partial charge >= 0.3 is 0 Å². The lowest BCUT2D eigenvalue weighted by Gasteiger charge is -2.12. The van der Waals surface area contributed by atoms with Crippen LogP contribution in [0.1, 0.15) is 0 Å². The van der Waals surface area contributed by atoms with E-state index in [0.29, 0.717) is 11.9 Å². The van der Waals surface area contributed by atoms with Gasteiger partial charge in [0.1, 0.15) is 0 Å². The van der Waals surface area contributed by atoms with Crippen LogP contribution in [0.3, 0.4) is 0 Å². The summed E-state index contributed by atoms with van der Waals surface area (Å²) in [6.07, 6.45) is 0. The van der Waals surface area contributed by atoms with Crippen LogP contribution >= 0.6 is 0 Å². The summed E-state index contributed by atoms with van der Waals surface area (Å²) >= 11 is 0. The molecular weight excluding hydrogens is 1250 g/mol. The summed E-state index contributed by atoms with van der Waals surface area (Å²) in [5.74, 6) is 2.86. The van der Waals surface area contributed by atoms with Crippen molar-refractivity contribution in [3.05, 3.63) is 328 Å². The lowest BCUT2D eigenvalue weighted by Crippen LogP contribution is -2.03. The van der Waals surface area contributed by atoms with Gasteiger partial charge in [-0.1, -0.05) is 218 Å². The molecule has 0 spiro atoms. The normalized spacial score (nSPS) is 12.1. The molecule has 0 atom stereocenters. The third-order valence-electron chi connectivity index (χ3n) is 20.6. The van der Waals surface area contributed by atoms with E-state index >= 15 is 0 Å². The zero-order valence-electron chi connectivity index (χ0n) is 54.5. The van der Waals surface area contributed by atoms with E-state index in [1.165, 1.54) is 0 Å². The monoisotopic (exact) mass is 1300 g/mol. The van der Waals surface area contributed by atoms with Gasteiger partial charge in [-0.3, -0.25) is 27.1 Å². The number of aromatic nitrogens is 12. The number of hydrogen-bond donors (Lipinski definition) is 0. The van der Waals surface area contributed by atoms with Crippen molar-refractivity contribution in [1.29, 1.82) is 0 Å². The number of rotatable bonds is 9. The second-order valence-electron chi connectivity index (χ2n) is 26.3. The standard InChI is InChI=1S/C90H54N12/c1-5-21-55(22-6-1)60-37-43-73-82(50-60)102-84-52-62(40-46-81(84)97(89(102)93-73)63-41-47-77-69(53-63)65-29-15-19-35-75(65)99(77)87-91-71-33-17-13-31-67(71)85(95-87)57-25-9-3-10-26-57)59-38-44-79-74(49-59)94-90-98(80-45-39-61(51-83(80)101(79)90)56-23-7-2-8-24-56)64-42-48-78-70(54-64)66-30-16-20-36-76(66)100(78)88-92-72-34-18-14-32-68(72)86(96-88)58-27-11-4-12-28-58/h1-54H. The maximum absolute atomic E-state index is 5.68. The molecule has 0 aliphatic carbocycles. The summed E-state index contributed by atoms with van der Waals surface area (Å²) in [7, 11) is 0. The fourth-order valence-electron chi connectivity index (χ4n) is 16.0. The van der Waals surface area contributed by atoms with E-state index < -0.39 is 0 Å². The lowest BCUT2D eigenvalue weighted by atomic mass is 10.0. The summed E-state index contributed by atoms with van der Waals surface area (Å²) in [6, 6.07) is 116. The van der Waals surface area contributed by atoms with Crippen molar-refractivity contribution in [2.24, 2.45) is 0 Å². The number of imidazole rings is 4. The van der Waals surface area contributed by atoms with E-state index in [1.807, 2.05) is 24.3 Å². The maximum atomic E-state index is 5.68. The van der Waals surface area contributed by atoms with Crippen LogP contribution in [0.15, 0.2) is 328 Å². The van der Waals surface area contributed by atoms with Gasteiger partial charge in [0, 0.05) is 54.8 Å². The highest BCUT2D eigenvalue weighted by molar-refractivity contribution is 6.12. The summed E-state index contributed by atoms with van der Waals surface area (Å²) < 4.78 is 13.7. The van der Waals surface area contributed by atoms with Gasteiger partial charge < -0.3 is 0 Å². The summed E-state index contributed by atoms with van der Waals surface area (Å²) in [5.41, 5.74) is 26.2. The minimum Gasteiger partial charge on any atom is -0.278 e. The molecule has 0 N–H and O–H groups in total. The molecule has 0 aliphatic heterocycles. The first-order valence-corrected chi connectivity index (χ1v) is 34.3. The Kier molecular flexibility index (Phi) is 11.9. The number of nitrogens with zero attached hydrogens (tertiary/aromatic N) is 12. The molecule has 0 radical (unpaired) electrons. The zero-order valence-corrected chi connectivity index (χ0v) is 54.5. The van der Waals surface area contributed by atoms with E-state index in [9.17, 15) is 0 Å². The molecule has 14 aromatic carbocycles. The van der Waals surface area contributed by atoms with Crippen LogP contribution in [0.25, 0.3) is 200 Å². The molecule has 0 saturated carbocycles. The Bertz CT molecular complexity index is 7240. The van der Waals surface area contributed by atoms with Crippen LogP contribution < -0.4 is 0 Å². The summed E-state index contributed by atoms with van der Waals surface area (Å²) in [6.45, 7) is 0. The fourth-order valence-corrected chi connectivity index (χ4v) is 16.0. The molecule has 12 heteroatoms. The highest BCUT2D eigenvalue weighted by Gasteiger charge is 2.26. The van der Waals surface area contributed by atoms with Gasteiger partial charge in [0.05, 0.1) is 88.6 Å². The summed E-state index contributed by atoms with van der Waals surface area (Å²) in [4.78, 5) is 32.5. The van der Waals surface area contributed by atoms with Gasteiger partial charge in [-0.25, -0.2) is 29.9 Å². The SMILES string of the molecule is c1ccc(-c2ccc3nc4n(-c5ccc6c(c5)c5ccccc5n6-c5nc(-c6ccccc6)c6ccccc6n5)c5ccc(-c6ccc7c(c6)nc6n(-c8ccc9c(c8)c8ccccc8n9-c8nc(-c9ccccc9)c9ccccc9n8)c8ccc(-c9ccccc9)cc8n76)cc5n4c3c2)cc1. The van der Waals surface area contributed by atoms with Crippen molar-refractivity contribution in [2.75, 3.05) is 0 Å². The topological polar surface area (TPSA) is 106 Å². The maximum Gasteiger partial charge on any atom is 0.235 e. The average Bonchev–Trinajstić information content (AvgIpc) is 1.55. The molecule has 8 heterocycles. The van der Waals surface area contributed by atoms with Gasteiger partial charge in [0.25, 0.3) is 0 Å². The van der Waals surface area contributed by atoms with Crippen LogP contribution in [-0.2, 0) is 0 Å². The van der Waals surface area contributed by atoms with Crippen molar-refractivity contribution in [1.82, 2.24) is 57.0 Å². The van der Waals surface area contributed by atoms with Gasteiger partial charge in [-0.05, 0) is 143 Å². The zero-order chi connectivity index (χ0) is 66.7. The molecule has 22 aromatic rings. The molecule has 0 amide bonds. The van der Waals surface area contributed by atoms with E-state index in [0.717, 1.165) is 188 Å². The second kappa shape index (κ2) is 21.7. The summed E-state index contributed by atoms with van der Waals surface area (Å²) in [5, 5.41) is 6.38. The van der Waals surface area contributed by atoms with E-state index in [1.54, 1.807) is 0 Å². The molecule has 0 unspecified atom stereocenters. The smallest absolute Gasteiger partial charge is 0.235 e. The highest BCUT2D eigenvalue weighted by Crippen LogP contribution is 2.42. The first kappa shape index (κ1) is 56.0. The van der Waals surface area contributed by atoms with E-state index in [4.69, 9.17) is 29.9 Å². The Morgan fingerprint density at radius 3 is 1.04 bits per heavy atom. The van der Waals surface area contributed by atoms with Gasteiger partial charge in [0.15, 0.2) is 0 Å². The Morgan fingerprint density at radius 1 is 0.176 bits per heavy atom. The molecule has 0 fully saturated rings. The third-order valence-corrected chi connectivity index (χ3v) is 20.6. The molecular formula is C90H54N12. The van der Waals surface area contributed by atoms with Gasteiger partial charge in [0.2, 0.25) is 23.5 Å². The van der Waals surface area contributed by atoms with Crippen molar-refractivity contribution < 1.29 is 0 Å². The minimum atomic E-state index is 0.615. The predicted molar refractivity (Wildman–Crippen MR) is 415 cm³/mol. The Balaban J connectivity index is 0.719. The van der Waals surface area contributed by atoms with E-state index in [-0.39, 0.29) is 0 Å². The van der Waals surface area contributed by atoms with Gasteiger partial charge in [-0.15, -0.1) is 0 Å². The fraction of sp³-hybridized carbons (Fsp3) is 0. The van der Waals surface area contributed by atoms with Crippen molar-refractivity contribution in [2.45, 2.75) is 0 Å². The predicted octanol–water partition coefficient (Wildman–Crippen LogP) is 21.6. The Morgan fingerprint density at radius 2 is 0.539 bits per heavy atom. The Hall–Kier alpha value is -14.1. The van der Waals surface area contributed by atoms with Crippen molar-refractivity contribution in [3.63, 3.8) is 0 Å². The Labute approximate surface area is 581 Å². The van der Waals surface area contributed by atoms with Gasteiger partial charge in [-0.2, -0.15) is 0 Å². The quantitative estimate of drug-likeness (QED) is 0.143. The number of benzene rings is 14. The molecule has 0 saturated heterocycles. The van der Waals surface area contributed by atoms with E-state index in [2.05, 4.69) is 330 Å². The molecule has 12 nitrogen and oxygen atoms in total. The van der Waals surface area contributed by atoms with Crippen LogP contribution in [-0.4, -0.2) is 57.0 Å². The van der Waals surface area contributed by atoms with Crippen LogP contribution in [0.5, 0.6) is 0 Å². The van der Waals surface area contributed by atoms with Crippen molar-refractivity contribution in [3.8, 4) is 79.2 Å². The largest absolute Gasteiger partial charge is 0.278 e. The third kappa shape index (κ3) is 8.38.